The second-order valence-corrected chi connectivity index (χ2v) is 6.33. The van der Waals surface area contributed by atoms with Crippen LogP contribution in [-0.4, -0.2) is 56.7 Å². The van der Waals surface area contributed by atoms with E-state index in [4.69, 9.17) is 4.74 Å². The van der Waals surface area contributed by atoms with E-state index in [2.05, 4.69) is 31.6 Å². The van der Waals surface area contributed by atoms with Crippen LogP contribution in [0.2, 0.25) is 0 Å². The highest BCUT2D eigenvalue weighted by molar-refractivity contribution is 14.0. The number of hydrogen-bond acceptors (Lipinski definition) is 3. The fourth-order valence-electron chi connectivity index (χ4n) is 2.16. The minimum absolute atomic E-state index is 0. The molecule has 0 unspecified atom stereocenters. The Labute approximate surface area is 182 Å². The highest BCUT2D eigenvalue weighted by Crippen LogP contribution is 2.17. The molecule has 0 spiro atoms. The van der Waals surface area contributed by atoms with Gasteiger partial charge in [0.05, 0.1) is 13.2 Å². The summed E-state index contributed by atoms with van der Waals surface area (Å²) in [6.07, 6.45) is 0.414. The molecule has 0 saturated carbocycles. The molecule has 0 aliphatic heterocycles. The maximum Gasteiger partial charge on any atom is 0.224 e. The molecule has 1 aromatic carbocycles. The van der Waals surface area contributed by atoms with E-state index < -0.39 is 0 Å². The SMILES string of the molecule is CCNC(=NCCOCC)NCCC(=O)N(C)Cc1ccccc1Br.I. The molecule has 0 aliphatic rings. The molecule has 1 aromatic rings. The maximum absolute atomic E-state index is 12.3. The van der Waals surface area contributed by atoms with E-state index in [1.165, 1.54) is 0 Å². The number of guanidine groups is 1. The van der Waals surface area contributed by atoms with Crippen LogP contribution in [0.1, 0.15) is 25.8 Å². The van der Waals surface area contributed by atoms with Crippen LogP contribution in [0.3, 0.4) is 0 Å². The number of rotatable bonds is 10. The number of benzene rings is 1. The molecule has 8 heteroatoms. The van der Waals surface area contributed by atoms with E-state index >= 15 is 0 Å². The third kappa shape index (κ3) is 10.3. The van der Waals surface area contributed by atoms with Crippen molar-refractivity contribution in [3.8, 4) is 0 Å². The van der Waals surface area contributed by atoms with Crippen molar-refractivity contribution >= 4 is 51.8 Å². The number of nitrogens with one attached hydrogen (secondary N) is 2. The first kappa shape index (κ1) is 25.1. The van der Waals surface area contributed by atoms with Gasteiger partial charge in [-0.2, -0.15) is 0 Å². The number of ether oxygens (including phenoxy) is 1. The van der Waals surface area contributed by atoms with Crippen molar-refractivity contribution in [3.63, 3.8) is 0 Å². The number of carbonyl (C=O) groups excluding carboxylic acids is 1. The standard InChI is InChI=1S/C18H29BrN4O2.HI/c1-4-20-18(22-12-13-25-5-2)21-11-10-17(24)23(3)14-15-8-6-7-9-16(15)19;/h6-9H,4-5,10-14H2,1-3H3,(H2,20,21,22);1H. The monoisotopic (exact) mass is 540 g/mol. The summed E-state index contributed by atoms with van der Waals surface area (Å²) < 4.78 is 6.29. The lowest BCUT2D eigenvalue weighted by molar-refractivity contribution is -0.130. The van der Waals surface area contributed by atoms with E-state index in [1.54, 1.807) is 4.90 Å². The van der Waals surface area contributed by atoms with Gasteiger partial charge in [0.1, 0.15) is 0 Å². The molecule has 0 radical (unpaired) electrons. The maximum atomic E-state index is 12.3. The van der Waals surface area contributed by atoms with Crippen LogP contribution < -0.4 is 10.6 Å². The number of halogens is 2. The molecule has 0 aliphatic carbocycles. The van der Waals surface area contributed by atoms with E-state index in [-0.39, 0.29) is 29.9 Å². The Morgan fingerprint density at radius 3 is 2.65 bits per heavy atom. The predicted molar refractivity (Wildman–Crippen MR) is 121 cm³/mol. The lowest BCUT2D eigenvalue weighted by Crippen LogP contribution is -2.39. The van der Waals surface area contributed by atoms with Crippen molar-refractivity contribution in [2.24, 2.45) is 4.99 Å². The van der Waals surface area contributed by atoms with Gasteiger partial charge >= 0.3 is 0 Å². The zero-order valence-corrected chi connectivity index (χ0v) is 19.7. The van der Waals surface area contributed by atoms with Crippen molar-refractivity contribution in [1.29, 1.82) is 0 Å². The van der Waals surface area contributed by atoms with Gasteiger partial charge in [-0.1, -0.05) is 34.1 Å². The van der Waals surface area contributed by atoms with E-state index in [1.807, 2.05) is 45.2 Å². The van der Waals surface area contributed by atoms with Gasteiger partial charge in [-0.05, 0) is 25.5 Å². The van der Waals surface area contributed by atoms with Crippen molar-refractivity contribution in [2.75, 3.05) is 39.9 Å². The van der Waals surface area contributed by atoms with Gasteiger partial charge in [0.15, 0.2) is 5.96 Å². The second-order valence-electron chi connectivity index (χ2n) is 5.48. The van der Waals surface area contributed by atoms with Gasteiger partial charge in [-0.3, -0.25) is 9.79 Å². The third-order valence-corrected chi connectivity index (χ3v) is 4.25. The fourth-order valence-corrected chi connectivity index (χ4v) is 2.57. The summed E-state index contributed by atoms with van der Waals surface area (Å²) in [5.41, 5.74) is 1.09. The van der Waals surface area contributed by atoms with Crippen LogP contribution in [0.4, 0.5) is 0 Å². The Balaban J connectivity index is 0.00000625. The van der Waals surface area contributed by atoms with Crippen molar-refractivity contribution in [2.45, 2.75) is 26.8 Å². The molecule has 0 aromatic heterocycles. The summed E-state index contributed by atoms with van der Waals surface area (Å²) in [6.45, 7) is 7.76. The zero-order valence-electron chi connectivity index (χ0n) is 15.8. The molecule has 0 bridgehead atoms. The summed E-state index contributed by atoms with van der Waals surface area (Å²) in [5.74, 6) is 0.803. The third-order valence-electron chi connectivity index (χ3n) is 3.48. The molecule has 1 amide bonds. The first-order valence-corrected chi connectivity index (χ1v) is 9.45. The van der Waals surface area contributed by atoms with Crippen molar-refractivity contribution in [3.05, 3.63) is 34.3 Å². The summed E-state index contributed by atoms with van der Waals surface area (Å²) in [5, 5.41) is 6.35. The number of nitrogens with zero attached hydrogens (tertiary/aromatic N) is 2. The van der Waals surface area contributed by atoms with Crippen molar-refractivity contribution < 1.29 is 9.53 Å². The van der Waals surface area contributed by atoms with Gasteiger partial charge in [0.25, 0.3) is 0 Å². The first-order chi connectivity index (χ1) is 12.1. The normalized spacial score (nSPS) is 10.8. The van der Waals surface area contributed by atoms with Crippen LogP contribution >= 0.6 is 39.9 Å². The Morgan fingerprint density at radius 1 is 1.27 bits per heavy atom. The molecule has 148 valence electrons. The summed E-state index contributed by atoms with van der Waals surface area (Å²) in [7, 11) is 1.82. The van der Waals surface area contributed by atoms with Gasteiger partial charge in [-0.25, -0.2) is 0 Å². The zero-order chi connectivity index (χ0) is 18.5. The summed E-state index contributed by atoms with van der Waals surface area (Å²) >= 11 is 3.51. The molecule has 26 heavy (non-hydrogen) atoms. The minimum Gasteiger partial charge on any atom is -0.380 e. The van der Waals surface area contributed by atoms with Crippen LogP contribution in [0.5, 0.6) is 0 Å². The summed E-state index contributed by atoms with van der Waals surface area (Å²) in [4.78, 5) is 18.4. The highest BCUT2D eigenvalue weighted by Gasteiger charge is 2.10. The van der Waals surface area contributed by atoms with Crippen LogP contribution in [0, 0.1) is 0 Å². The lowest BCUT2D eigenvalue weighted by atomic mass is 10.2. The molecule has 2 N–H and O–H groups in total. The Bertz CT molecular complexity index is 558. The molecule has 0 fully saturated rings. The molecule has 0 heterocycles. The average molecular weight is 541 g/mol. The average Bonchev–Trinajstić information content (AvgIpc) is 2.60. The second kappa shape index (κ2) is 15.2. The quantitative estimate of drug-likeness (QED) is 0.207. The smallest absolute Gasteiger partial charge is 0.224 e. The minimum atomic E-state index is 0. The lowest BCUT2D eigenvalue weighted by Gasteiger charge is -2.19. The number of aliphatic imine (C=N–C) groups is 1. The van der Waals surface area contributed by atoms with Crippen LogP contribution in [0.15, 0.2) is 33.7 Å². The van der Waals surface area contributed by atoms with Gasteiger partial charge in [-0.15, -0.1) is 24.0 Å². The molecule has 0 atom stereocenters. The molecule has 0 saturated heterocycles. The van der Waals surface area contributed by atoms with Crippen molar-refractivity contribution in [1.82, 2.24) is 15.5 Å². The number of carbonyl (C=O) groups is 1. The Kier molecular flexibility index (Phi) is 14.7. The molecular formula is C18H30BrIN4O2. The number of hydrogen-bond donors (Lipinski definition) is 2. The largest absolute Gasteiger partial charge is 0.380 e. The molecule has 1 rings (SSSR count). The molecule has 6 nitrogen and oxygen atoms in total. The van der Waals surface area contributed by atoms with Gasteiger partial charge in [0.2, 0.25) is 5.91 Å². The van der Waals surface area contributed by atoms with Gasteiger partial charge < -0.3 is 20.3 Å². The Morgan fingerprint density at radius 2 is 2.00 bits per heavy atom. The van der Waals surface area contributed by atoms with Crippen LogP contribution in [-0.2, 0) is 16.1 Å². The number of amides is 1. The van der Waals surface area contributed by atoms with E-state index in [0.29, 0.717) is 45.2 Å². The van der Waals surface area contributed by atoms with Gasteiger partial charge in [0, 0.05) is 44.2 Å². The predicted octanol–water partition coefficient (Wildman–Crippen LogP) is 3.01. The van der Waals surface area contributed by atoms with Crippen LogP contribution in [0.25, 0.3) is 0 Å². The Hall–Kier alpha value is -0.870. The topological polar surface area (TPSA) is 66.0 Å². The first-order valence-electron chi connectivity index (χ1n) is 8.65. The van der Waals surface area contributed by atoms with E-state index in [9.17, 15) is 4.79 Å². The highest BCUT2D eigenvalue weighted by atomic mass is 127. The fraction of sp³-hybridized carbons (Fsp3) is 0.556. The molecular weight excluding hydrogens is 511 g/mol. The van der Waals surface area contributed by atoms with E-state index in [0.717, 1.165) is 16.6 Å². The summed E-state index contributed by atoms with van der Waals surface area (Å²) in [6, 6.07) is 7.94.